The van der Waals surface area contributed by atoms with Gasteiger partial charge in [0, 0.05) is 36.3 Å². The van der Waals surface area contributed by atoms with Gasteiger partial charge in [0.1, 0.15) is 30.3 Å². The Labute approximate surface area is 253 Å². The fourth-order valence-corrected chi connectivity index (χ4v) is 4.88. The van der Waals surface area contributed by atoms with Crippen LogP contribution in [-0.2, 0) is 16.1 Å². The summed E-state index contributed by atoms with van der Waals surface area (Å²) in [5, 5.41) is 7.10. The Hall–Kier alpha value is -4.32. The topological polar surface area (TPSA) is 111 Å². The second-order valence-electron chi connectivity index (χ2n) is 9.95. The maximum absolute atomic E-state index is 13.4. The maximum Gasteiger partial charge on any atom is 0.247 e. The number of ether oxygens (including phenoxy) is 3. The second kappa shape index (κ2) is 14.2. The third-order valence-electron chi connectivity index (χ3n) is 6.88. The number of carbonyl (C=O) groups excluding carboxylic acids is 1. The van der Waals surface area contributed by atoms with Crippen molar-refractivity contribution in [3.8, 4) is 11.5 Å². The number of halogens is 2. The van der Waals surface area contributed by atoms with E-state index < -0.39 is 5.95 Å². The van der Waals surface area contributed by atoms with Crippen LogP contribution in [0.5, 0.6) is 11.5 Å². The summed E-state index contributed by atoms with van der Waals surface area (Å²) in [4.78, 5) is 27.3. The lowest BCUT2D eigenvalue weighted by atomic mass is 10.1. The Morgan fingerprint density at radius 3 is 2.88 bits per heavy atom. The average Bonchev–Trinajstić information content (AvgIpc) is 3.00. The smallest absolute Gasteiger partial charge is 0.247 e. The van der Waals surface area contributed by atoms with Crippen molar-refractivity contribution in [3.63, 3.8) is 0 Å². The number of benzene rings is 2. The summed E-state index contributed by atoms with van der Waals surface area (Å²) in [6, 6.07) is 13.6. The number of aromatic nitrogens is 3. The molecule has 1 saturated heterocycles. The molecule has 0 radical (unpaired) electrons. The van der Waals surface area contributed by atoms with Gasteiger partial charge in [-0.15, -0.1) is 0 Å². The van der Waals surface area contributed by atoms with E-state index in [0.29, 0.717) is 63.0 Å². The van der Waals surface area contributed by atoms with E-state index in [1.165, 1.54) is 18.5 Å². The molecule has 0 saturated carbocycles. The van der Waals surface area contributed by atoms with E-state index in [-0.39, 0.29) is 12.5 Å². The third kappa shape index (κ3) is 7.95. The molecule has 224 valence electrons. The van der Waals surface area contributed by atoms with Gasteiger partial charge in [-0.2, -0.15) is 4.39 Å². The molecule has 43 heavy (non-hydrogen) atoms. The maximum atomic E-state index is 13.4. The van der Waals surface area contributed by atoms with Gasteiger partial charge in [0.05, 0.1) is 41.7 Å². The van der Waals surface area contributed by atoms with Gasteiger partial charge >= 0.3 is 0 Å². The predicted octanol–water partition coefficient (Wildman–Crippen LogP) is 5.75. The Morgan fingerprint density at radius 2 is 2.09 bits per heavy atom. The lowest BCUT2D eigenvalue weighted by Crippen LogP contribution is -2.44. The standard InChI is InChI=1S/C31H32ClFN6O4/c1-3-30(40)38-26-15-23-25(16-28(26)42-12-5-10-39-11-13-41-17-20(39)2)34-19-35-31(23)37-21-8-9-27(24(32)14-21)43-18-22-6-4-7-29(33)36-22/h3-4,6-9,14-16,19-20H,1,5,10-13,17-18H2,2H3,(H,38,40)(H,34,35,37). The van der Waals surface area contributed by atoms with E-state index in [2.05, 4.69) is 44.0 Å². The fourth-order valence-electron chi connectivity index (χ4n) is 4.64. The van der Waals surface area contributed by atoms with Gasteiger partial charge in [0.2, 0.25) is 11.9 Å². The minimum atomic E-state index is -0.576. The monoisotopic (exact) mass is 606 g/mol. The van der Waals surface area contributed by atoms with Crippen molar-refractivity contribution in [1.29, 1.82) is 0 Å². The Bertz CT molecular complexity index is 1610. The summed E-state index contributed by atoms with van der Waals surface area (Å²) in [6.07, 6.45) is 3.46. The van der Waals surface area contributed by atoms with Crippen molar-refractivity contribution in [1.82, 2.24) is 19.9 Å². The molecule has 1 amide bonds. The number of pyridine rings is 1. The van der Waals surface area contributed by atoms with Crippen molar-refractivity contribution >= 4 is 45.6 Å². The normalized spacial score (nSPS) is 15.2. The highest BCUT2D eigenvalue weighted by atomic mass is 35.5. The van der Waals surface area contributed by atoms with Crippen LogP contribution in [0.3, 0.4) is 0 Å². The molecule has 2 aromatic heterocycles. The Kier molecular flexibility index (Phi) is 9.98. The van der Waals surface area contributed by atoms with E-state index in [1.807, 2.05) is 0 Å². The van der Waals surface area contributed by atoms with Crippen LogP contribution in [0.2, 0.25) is 5.02 Å². The highest BCUT2D eigenvalue weighted by Crippen LogP contribution is 2.35. The zero-order valence-electron chi connectivity index (χ0n) is 23.7. The molecule has 4 aromatic rings. The summed E-state index contributed by atoms with van der Waals surface area (Å²) in [6.45, 7) is 9.50. The molecule has 3 heterocycles. The lowest BCUT2D eigenvalue weighted by molar-refractivity contribution is -0.111. The predicted molar refractivity (Wildman–Crippen MR) is 164 cm³/mol. The first-order chi connectivity index (χ1) is 20.9. The Balaban J connectivity index is 1.31. The molecule has 0 bridgehead atoms. The van der Waals surface area contributed by atoms with Crippen molar-refractivity contribution < 1.29 is 23.4 Å². The number of morpholine rings is 1. The van der Waals surface area contributed by atoms with E-state index in [0.717, 1.165) is 32.7 Å². The van der Waals surface area contributed by atoms with Crippen molar-refractivity contribution in [2.75, 3.05) is 43.5 Å². The summed E-state index contributed by atoms with van der Waals surface area (Å²) < 4.78 is 30.7. The van der Waals surface area contributed by atoms with Gasteiger partial charge in [-0.1, -0.05) is 24.2 Å². The molecule has 1 fully saturated rings. The number of fused-ring (bicyclic) bond motifs is 1. The van der Waals surface area contributed by atoms with Gasteiger partial charge in [-0.25, -0.2) is 15.0 Å². The summed E-state index contributed by atoms with van der Waals surface area (Å²) in [7, 11) is 0. The minimum Gasteiger partial charge on any atom is -0.491 e. The van der Waals surface area contributed by atoms with E-state index in [1.54, 1.807) is 42.5 Å². The van der Waals surface area contributed by atoms with Crippen LogP contribution in [0.25, 0.3) is 10.9 Å². The third-order valence-corrected chi connectivity index (χ3v) is 7.17. The molecule has 0 aliphatic carbocycles. The van der Waals surface area contributed by atoms with Crippen LogP contribution < -0.4 is 20.1 Å². The van der Waals surface area contributed by atoms with E-state index in [4.69, 9.17) is 25.8 Å². The number of nitrogens with zero attached hydrogens (tertiary/aromatic N) is 4. The Morgan fingerprint density at radius 1 is 1.21 bits per heavy atom. The summed E-state index contributed by atoms with van der Waals surface area (Å²) in [5.74, 6) is 0.479. The molecule has 2 aromatic carbocycles. The van der Waals surface area contributed by atoms with E-state index >= 15 is 0 Å². The first kappa shape index (κ1) is 30.1. The summed E-state index contributed by atoms with van der Waals surface area (Å²) in [5.41, 5.74) is 2.19. The highest BCUT2D eigenvalue weighted by molar-refractivity contribution is 6.32. The SMILES string of the molecule is C=CC(=O)Nc1cc2c(Nc3ccc(OCc4cccc(F)n4)c(Cl)c3)ncnc2cc1OCCCN1CCOCC1C. The molecule has 1 aliphatic heterocycles. The molecular formula is C31H32ClFN6O4. The first-order valence-corrected chi connectivity index (χ1v) is 14.2. The molecule has 1 aliphatic rings. The molecule has 10 nitrogen and oxygen atoms in total. The van der Waals surface area contributed by atoms with Crippen molar-refractivity contribution in [2.24, 2.45) is 0 Å². The van der Waals surface area contributed by atoms with E-state index in [9.17, 15) is 9.18 Å². The van der Waals surface area contributed by atoms with Crippen LogP contribution in [0, 0.1) is 5.95 Å². The molecule has 2 N–H and O–H groups in total. The van der Waals surface area contributed by atoms with Gasteiger partial charge in [-0.05, 0) is 55.8 Å². The van der Waals surface area contributed by atoms with Crippen LogP contribution >= 0.6 is 11.6 Å². The molecule has 5 rings (SSSR count). The summed E-state index contributed by atoms with van der Waals surface area (Å²) >= 11 is 6.47. The number of hydrogen-bond donors (Lipinski definition) is 2. The quantitative estimate of drug-likeness (QED) is 0.118. The lowest BCUT2D eigenvalue weighted by Gasteiger charge is -2.33. The molecule has 1 unspecified atom stereocenters. The molecule has 1 atom stereocenters. The molecule has 0 spiro atoms. The second-order valence-corrected chi connectivity index (χ2v) is 10.4. The number of anilines is 3. The largest absolute Gasteiger partial charge is 0.491 e. The number of rotatable bonds is 12. The van der Waals surface area contributed by atoms with Gasteiger partial charge in [-0.3, -0.25) is 9.69 Å². The van der Waals surface area contributed by atoms with Crippen LogP contribution in [-0.4, -0.2) is 64.7 Å². The van der Waals surface area contributed by atoms with Crippen LogP contribution in [0.4, 0.5) is 21.6 Å². The number of amides is 1. The van der Waals surface area contributed by atoms with Crippen molar-refractivity contribution in [3.05, 3.63) is 84.2 Å². The highest BCUT2D eigenvalue weighted by Gasteiger charge is 2.18. The van der Waals surface area contributed by atoms with Crippen molar-refractivity contribution in [2.45, 2.75) is 26.0 Å². The number of carbonyl (C=O) groups is 1. The molecular weight excluding hydrogens is 575 g/mol. The first-order valence-electron chi connectivity index (χ1n) is 13.9. The number of nitrogens with one attached hydrogen (secondary N) is 2. The zero-order valence-corrected chi connectivity index (χ0v) is 24.4. The van der Waals surface area contributed by atoms with Gasteiger partial charge in [0.15, 0.2) is 0 Å². The zero-order chi connectivity index (χ0) is 30.2. The van der Waals surface area contributed by atoms with Crippen LogP contribution in [0.15, 0.2) is 67.5 Å². The molecule has 12 heteroatoms. The van der Waals surface area contributed by atoms with Gasteiger partial charge < -0.3 is 24.8 Å². The average molecular weight is 607 g/mol. The number of hydrogen-bond acceptors (Lipinski definition) is 9. The van der Waals surface area contributed by atoms with Gasteiger partial charge in [0.25, 0.3) is 0 Å². The fraction of sp³-hybridized carbons (Fsp3) is 0.290. The minimum absolute atomic E-state index is 0.0662. The van der Waals surface area contributed by atoms with Crippen LogP contribution in [0.1, 0.15) is 19.0 Å².